The molecule has 2 aromatic carbocycles. The molecule has 0 radical (unpaired) electrons. The summed E-state index contributed by atoms with van der Waals surface area (Å²) in [6.07, 6.45) is 3.00. The number of carbonyl (C=O) groups is 3. The van der Waals surface area contributed by atoms with E-state index in [4.69, 9.17) is 13.9 Å². The molecule has 216 valence electrons. The van der Waals surface area contributed by atoms with E-state index in [1.807, 2.05) is 18.2 Å². The molecule has 6 rings (SSSR count). The fourth-order valence-corrected chi connectivity index (χ4v) is 6.37. The number of aromatic nitrogens is 1. The smallest absolute Gasteiger partial charge is 0.379 e. The molecule has 2 aliphatic rings. The van der Waals surface area contributed by atoms with Gasteiger partial charge in [-0.1, -0.05) is 47.7 Å². The Labute approximate surface area is 249 Å². The summed E-state index contributed by atoms with van der Waals surface area (Å²) in [6.45, 7) is 7.55. The lowest BCUT2D eigenvalue weighted by atomic mass is 9.96. The highest BCUT2D eigenvalue weighted by Crippen LogP contribution is 2.36. The molecule has 0 fully saturated rings. The number of nitrogens with zero attached hydrogens (tertiary/aromatic N) is 3. The van der Waals surface area contributed by atoms with Crippen LogP contribution in [-0.4, -0.2) is 35.6 Å². The van der Waals surface area contributed by atoms with E-state index in [-0.39, 0.29) is 46.2 Å². The van der Waals surface area contributed by atoms with Crippen LogP contribution in [0.15, 0.2) is 105 Å². The molecular formula is C32H25N3O7S. The number of furan rings is 1. The summed E-state index contributed by atoms with van der Waals surface area (Å²) < 4.78 is 17.5. The number of para-hydroxylation sites is 1. The summed E-state index contributed by atoms with van der Waals surface area (Å²) in [7, 11) is 0. The van der Waals surface area contributed by atoms with Gasteiger partial charge in [0.15, 0.2) is 4.80 Å². The minimum atomic E-state index is -0.907. The molecule has 4 heterocycles. The number of ether oxygens (including phenoxy) is 2. The van der Waals surface area contributed by atoms with Crippen LogP contribution in [0.5, 0.6) is 5.75 Å². The van der Waals surface area contributed by atoms with Crippen LogP contribution in [0.3, 0.4) is 0 Å². The van der Waals surface area contributed by atoms with E-state index in [1.165, 1.54) is 16.9 Å². The van der Waals surface area contributed by atoms with Crippen molar-refractivity contribution in [3.05, 3.63) is 127 Å². The van der Waals surface area contributed by atoms with Crippen LogP contribution in [0, 0.1) is 0 Å². The van der Waals surface area contributed by atoms with Crippen LogP contribution in [0.2, 0.25) is 0 Å². The highest BCUT2D eigenvalue weighted by atomic mass is 32.1. The lowest BCUT2D eigenvalue weighted by Crippen LogP contribution is -2.41. The predicted octanol–water partition coefficient (Wildman–Crippen LogP) is 3.51. The van der Waals surface area contributed by atoms with Crippen molar-refractivity contribution < 1.29 is 28.3 Å². The van der Waals surface area contributed by atoms with Gasteiger partial charge in [0.1, 0.15) is 10.3 Å². The van der Waals surface area contributed by atoms with E-state index >= 15 is 0 Å². The lowest BCUT2D eigenvalue weighted by Gasteiger charge is -2.24. The molecule has 0 spiro atoms. The van der Waals surface area contributed by atoms with E-state index in [0.717, 1.165) is 11.3 Å². The summed E-state index contributed by atoms with van der Waals surface area (Å²) in [5, 5.41) is 0. The maximum absolute atomic E-state index is 14.2. The normalized spacial score (nSPS) is 16.8. The number of fused-ring (bicyclic) bond motifs is 2. The Balaban J connectivity index is 1.51. The fraction of sp³-hybridized carbons (Fsp3) is 0.156. The number of allylic oxidation sites excluding steroid dienone is 1. The average Bonchev–Trinajstić information content (AvgIpc) is 3.71. The topological polar surface area (TPSA) is 120 Å². The third kappa shape index (κ3) is 4.73. The number of amides is 1. The Morgan fingerprint density at radius 1 is 1.07 bits per heavy atom. The molecule has 10 nitrogen and oxygen atoms in total. The van der Waals surface area contributed by atoms with Crippen molar-refractivity contribution in [2.45, 2.75) is 19.9 Å². The van der Waals surface area contributed by atoms with E-state index < -0.39 is 23.5 Å². The number of benzene rings is 2. The van der Waals surface area contributed by atoms with Crippen molar-refractivity contribution in [3.8, 4) is 5.75 Å². The molecule has 1 amide bonds. The number of anilines is 1. The van der Waals surface area contributed by atoms with Gasteiger partial charge in [-0.15, -0.1) is 6.58 Å². The first-order chi connectivity index (χ1) is 20.8. The Kier molecular flexibility index (Phi) is 7.24. The highest BCUT2D eigenvalue weighted by Gasteiger charge is 2.37. The van der Waals surface area contributed by atoms with Crippen molar-refractivity contribution >= 4 is 40.4 Å². The Morgan fingerprint density at radius 3 is 2.53 bits per heavy atom. The van der Waals surface area contributed by atoms with E-state index in [2.05, 4.69) is 11.6 Å². The maximum Gasteiger partial charge on any atom is 0.379 e. The first-order valence-electron chi connectivity index (χ1n) is 13.4. The molecule has 0 bridgehead atoms. The quantitative estimate of drug-likeness (QED) is 0.182. The molecular weight excluding hydrogens is 570 g/mol. The van der Waals surface area contributed by atoms with Crippen molar-refractivity contribution in [2.24, 2.45) is 4.99 Å². The standard InChI is InChI=1S/C32H25N3O7S/c1-4-16-34-22-10-7-6-9-21(22)25(28(34)36)27-29(37)35-26(24(31(39)40-5-2)18(3)33-32(35)43-27)19-12-14-20(15-13-19)42-30(38)23-11-8-17-41-23/h4,6-15,17,26H,1,5,16H2,2-3H3. The van der Waals surface area contributed by atoms with E-state index in [1.54, 1.807) is 61.2 Å². The summed E-state index contributed by atoms with van der Waals surface area (Å²) in [4.78, 5) is 60.0. The van der Waals surface area contributed by atoms with Gasteiger partial charge < -0.3 is 18.8 Å². The largest absolute Gasteiger partial charge is 0.463 e. The van der Waals surface area contributed by atoms with Gasteiger partial charge in [-0.05, 0) is 49.7 Å². The molecule has 1 atom stereocenters. The molecule has 0 N–H and O–H groups in total. The van der Waals surface area contributed by atoms with Crippen LogP contribution in [0.25, 0.3) is 5.57 Å². The Bertz CT molecular complexity index is 2000. The van der Waals surface area contributed by atoms with Crippen LogP contribution in [0.1, 0.15) is 41.6 Å². The Morgan fingerprint density at radius 2 is 1.84 bits per heavy atom. The molecule has 11 heteroatoms. The number of hydrogen-bond donors (Lipinski definition) is 0. The summed E-state index contributed by atoms with van der Waals surface area (Å²) >= 11 is 1.09. The summed E-state index contributed by atoms with van der Waals surface area (Å²) in [5.74, 6) is -1.29. The summed E-state index contributed by atoms with van der Waals surface area (Å²) in [5.41, 5.74) is 2.28. The highest BCUT2D eigenvalue weighted by molar-refractivity contribution is 7.07. The van der Waals surface area contributed by atoms with Crippen LogP contribution >= 0.6 is 11.3 Å². The monoisotopic (exact) mass is 595 g/mol. The van der Waals surface area contributed by atoms with Crippen molar-refractivity contribution in [1.29, 1.82) is 0 Å². The first kappa shape index (κ1) is 27.9. The molecule has 0 saturated carbocycles. The van der Waals surface area contributed by atoms with Gasteiger partial charge in [-0.3, -0.25) is 14.2 Å². The zero-order valence-electron chi connectivity index (χ0n) is 23.2. The number of hydrogen-bond acceptors (Lipinski definition) is 9. The Hall–Kier alpha value is -5.29. The number of rotatable bonds is 7. The third-order valence-corrected chi connectivity index (χ3v) is 8.14. The maximum atomic E-state index is 14.2. The van der Waals surface area contributed by atoms with E-state index in [0.29, 0.717) is 27.3 Å². The number of carbonyl (C=O) groups excluding carboxylic acids is 3. The van der Waals surface area contributed by atoms with Gasteiger partial charge in [0.05, 0.1) is 41.4 Å². The molecule has 0 saturated heterocycles. The second kappa shape index (κ2) is 11.2. The molecule has 2 aliphatic heterocycles. The number of esters is 2. The van der Waals surface area contributed by atoms with Crippen LogP contribution in [-0.2, 0) is 14.3 Å². The minimum absolute atomic E-state index is 0.0512. The summed E-state index contributed by atoms with van der Waals surface area (Å²) in [6, 6.07) is 15.9. The van der Waals surface area contributed by atoms with Crippen molar-refractivity contribution in [3.63, 3.8) is 0 Å². The van der Waals surface area contributed by atoms with Crippen LogP contribution < -0.4 is 24.5 Å². The van der Waals surface area contributed by atoms with Gasteiger partial charge in [-0.25, -0.2) is 14.6 Å². The predicted molar refractivity (Wildman–Crippen MR) is 158 cm³/mol. The fourth-order valence-electron chi connectivity index (χ4n) is 5.24. The average molecular weight is 596 g/mol. The minimum Gasteiger partial charge on any atom is -0.463 e. The third-order valence-electron chi connectivity index (χ3n) is 7.08. The van der Waals surface area contributed by atoms with Crippen molar-refractivity contribution in [1.82, 2.24) is 4.57 Å². The van der Waals surface area contributed by atoms with Gasteiger partial charge in [0.2, 0.25) is 5.76 Å². The van der Waals surface area contributed by atoms with Gasteiger partial charge in [-0.2, -0.15) is 0 Å². The number of thiazole rings is 1. The molecule has 4 aromatic rings. The van der Waals surface area contributed by atoms with E-state index in [9.17, 15) is 19.2 Å². The SMILES string of the molecule is C=CCN1C(=O)C(=c2sc3n(c2=O)C(c2ccc(OC(=O)c4ccco4)cc2)C(C(=O)OCC)=C(C)N=3)c2ccccc21. The zero-order valence-corrected chi connectivity index (χ0v) is 24.1. The van der Waals surface area contributed by atoms with Crippen LogP contribution in [0.4, 0.5) is 5.69 Å². The first-order valence-corrected chi connectivity index (χ1v) is 14.3. The lowest BCUT2D eigenvalue weighted by molar-refractivity contribution is -0.139. The van der Waals surface area contributed by atoms with Gasteiger partial charge in [0, 0.05) is 12.1 Å². The molecule has 0 aliphatic carbocycles. The van der Waals surface area contributed by atoms with Crippen molar-refractivity contribution in [2.75, 3.05) is 18.1 Å². The van der Waals surface area contributed by atoms with Gasteiger partial charge in [0.25, 0.3) is 11.5 Å². The van der Waals surface area contributed by atoms with Gasteiger partial charge >= 0.3 is 11.9 Å². The second-order valence-corrected chi connectivity index (χ2v) is 10.6. The zero-order chi connectivity index (χ0) is 30.2. The molecule has 2 aromatic heterocycles. The molecule has 43 heavy (non-hydrogen) atoms. The second-order valence-electron chi connectivity index (χ2n) is 9.66. The molecule has 1 unspecified atom stereocenters.